The van der Waals surface area contributed by atoms with Crippen LogP contribution in [-0.4, -0.2) is 37.0 Å². The number of carbonyl (C=O) groups is 4. The van der Waals surface area contributed by atoms with Crippen LogP contribution in [0.2, 0.25) is 0 Å². The summed E-state index contributed by atoms with van der Waals surface area (Å²) in [7, 11) is 0. The minimum atomic E-state index is -0.551. The fraction of sp³-hybridized carbons (Fsp3) is 0.238. The number of ether oxygens (including phenoxy) is 2. The summed E-state index contributed by atoms with van der Waals surface area (Å²) in [6, 6.07) is 12.5. The van der Waals surface area contributed by atoms with Crippen molar-refractivity contribution in [3.63, 3.8) is 0 Å². The van der Waals surface area contributed by atoms with E-state index in [0.29, 0.717) is 22.5 Å². The number of benzene rings is 2. The summed E-state index contributed by atoms with van der Waals surface area (Å²) in [6.07, 6.45) is -0.437. The highest BCUT2D eigenvalue weighted by atomic mass is 16.5. The van der Waals surface area contributed by atoms with Gasteiger partial charge in [0.15, 0.2) is 0 Å². The summed E-state index contributed by atoms with van der Waals surface area (Å²) in [5.41, 5.74) is 1.34. The molecule has 2 rings (SSSR count). The van der Waals surface area contributed by atoms with Crippen LogP contribution in [0.1, 0.15) is 41.0 Å². The molecule has 0 bridgehead atoms. The van der Waals surface area contributed by atoms with E-state index in [1.165, 1.54) is 12.1 Å². The van der Waals surface area contributed by atoms with Crippen molar-refractivity contribution < 1.29 is 28.7 Å². The van der Waals surface area contributed by atoms with Gasteiger partial charge in [-0.1, -0.05) is 12.1 Å². The first-order valence-corrected chi connectivity index (χ1v) is 9.07. The zero-order valence-corrected chi connectivity index (χ0v) is 16.2. The molecule has 2 aromatic carbocycles. The Labute approximate surface area is 168 Å². The summed E-state index contributed by atoms with van der Waals surface area (Å²) < 4.78 is 9.82. The van der Waals surface area contributed by atoms with Gasteiger partial charge in [-0.25, -0.2) is 9.59 Å². The number of hydrogen-bond donors (Lipinski definition) is 2. The van der Waals surface area contributed by atoms with Crippen molar-refractivity contribution in [1.29, 1.82) is 0 Å². The first-order valence-electron chi connectivity index (χ1n) is 9.07. The van der Waals surface area contributed by atoms with E-state index in [2.05, 4.69) is 10.6 Å². The van der Waals surface area contributed by atoms with Gasteiger partial charge in [0.2, 0.25) is 11.8 Å². The second-order valence-electron chi connectivity index (χ2n) is 5.88. The molecule has 152 valence electrons. The van der Waals surface area contributed by atoms with Gasteiger partial charge in [0.05, 0.1) is 24.3 Å². The normalized spacial score (nSPS) is 10.0. The van der Waals surface area contributed by atoms with E-state index >= 15 is 0 Å². The van der Waals surface area contributed by atoms with Gasteiger partial charge in [-0.3, -0.25) is 9.59 Å². The molecule has 0 atom stereocenters. The second kappa shape index (κ2) is 10.6. The average Bonchev–Trinajstić information content (AvgIpc) is 2.68. The third-order valence-corrected chi connectivity index (χ3v) is 3.64. The van der Waals surface area contributed by atoms with Crippen molar-refractivity contribution in [2.24, 2.45) is 0 Å². The van der Waals surface area contributed by atoms with Crippen LogP contribution in [0.5, 0.6) is 0 Å². The molecule has 29 heavy (non-hydrogen) atoms. The first-order chi connectivity index (χ1) is 13.9. The van der Waals surface area contributed by atoms with E-state index in [-0.39, 0.29) is 13.2 Å². The Kier molecular flexibility index (Phi) is 7.90. The summed E-state index contributed by atoms with van der Waals surface area (Å²) >= 11 is 0. The summed E-state index contributed by atoms with van der Waals surface area (Å²) in [4.78, 5) is 47.7. The van der Waals surface area contributed by atoms with Crippen LogP contribution in [0.15, 0.2) is 48.5 Å². The van der Waals surface area contributed by atoms with Gasteiger partial charge in [0, 0.05) is 11.4 Å². The van der Waals surface area contributed by atoms with Gasteiger partial charge in [-0.2, -0.15) is 0 Å². The molecule has 8 heteroatoms. The van der Waals surface area contributed by atoms with E-state index in [4.69, 9.17) is 9.47 Å². The van der Waals surface area contributed by atoms with Crippen molar-refractivity contribution in [3.05, 3.63) is 59.7 Å². The monoisotopic (exact) mass is 398 g/mol. The van der Waals surface area contributed by atoms with E-state index < -0.39 is 30.2 Å². The van der Waals surface area contributed by atoms with Crippen LogP contribution < -0.4 is 10.6 Å². The van der Waals surface area contributed by atoms with Gasteiger partial charge in [-0.05, 0) is 50.2 Å². The quantitative estimate of drug-likeness (QED) is 0.522. The molecule has 0 unspecified atom stereocenters. The molecule has 2 aromatic rings. The average molecular weight is 398 g/mol. The lowest BCUT2D eigenvalue weighted by Crippen LogP contribution is -2.21. The molecule has 2 N–H and O–H groups in total. The second-order valence-corrected chi connectivity index (χ2v) is 5.88. The third-order valence-electron chi connectivity index (χ3n) is 3.64. The molecule has 0 saturated heterocycles. The van der Waals surface area contributed by atoms with Crippen molar-refractivity contribution in [2.45, 2.75) is 20.3 Å². The molecule has 0 aliphatic rings. The molecule has 2 amide bonds. The van der Waals surface area contributed by atoms with Crippen molar-refractivity contribution >= 4 is 35.1 Å². The molecule has 8 nitrogen and oxygen atoms in total. The highest BCUT2D eigenvalue weighted by Crippen LogP contribution is 2.14. The highest BCUT2D eigenvalue weighted by Gasteiger charge is 2.13. The zero-order chi connectivity index (χ0) is 21.2. The van der Waals surface area contributed by atoms with Gasteiger partial charge in [0.1, 0.15) is 6.42 Å². The van der Waals surface area contributed by atoms with Crippen molar-refractivity contribution in [3.8, 4) is 0 Å². The number of hydrogen-bond acceptors (Lipinski definition) is 6. The van der Waals surface area contributed by atoms with Crippen LogP contribution in [0.25, 0.3) is 0 Å². The van der Waals surface area contributed by atoms with E-state index in [0.717, 1.165) is 0 Å². The molecule has 0 aliphatic carbocycles. The first kappa shape index (κ1) is 21.6. The van der Waals surface area contributed by atoms with Gasteiger partial charge >= 0.3 is 11.9 Å². The number of carbonyl (C=O) groups excluding carboxylic acids is 4. The van der Waals surface area contributed by atoms with Crippen LogP contribution >= 0.6 is 0 Å². The number of rotatable bonds is 8. The Morgan fingerprint density at radius 2 is 1.14 bits per heavy atom. The Balaban J connectivity index is 1.94. The third kappa shape index (κ3) is 6.76. The van der Waals surface area contributed by atoms with Crippen molar-refractivity contribution in [2.75, 3.05) is 23.8 Å². The highest BCUT2D eigenvalue weighted by molar-refractivity contribution is 6.08. The Hall–Kier alpha value is -3.68. The van der Waals surface area contributed by atoms with E-state index in [1.54, 1.807) is 50.2 Å². The molecule has 0 aliphatic heterocycles. The van der Waals surface area contributed by atoms with Gasteiger partial charge < -0.3 is 20.1 Å². The Morgan fingerprint density at radius 1 is 0.724 bits per heavy atom. The summed E-state index contributed by atoms with van der Waals surface area (Å²) in [6.45, 7) is 3.88. The lowest BCUT2D eigenvalue weighted by molar-refractivity contribution is -0.123. The maximum absolute atomic E-state index is 12.1. The number of amides is 2. The molecule has 0 spiro atoms. The van der Waals surface area contributed by atoms with E-state index in [1.807, 2.05) is 0 Å². The number of esters is 2. The molecule has 0 fully saturated rings. The maximum atomic E-state index is 12.1. The molecule has 0 saturated carbocycles. The molecule has 0 aromatic heterocycles. The fourth-order valence-electron chi connectivity index (χ4n) is 2.43. The minimum Gasteiger partial charge on any atom is -0.462 e. The predicted molar refractivity (Wildman–Crippen MR) is 107 cm³/mol. The number of nitrogens with one attached hydrogen (secondary N) is 2. The Morgan fingerprint density at radius 3 is 1.52 bits per heavy atom. The Bertz CT molecular complexity index is 836. The van der Waals surface area contributed by atoms with Crippen LogP contribution in [0, 0.1) is 0 Å². The topological polar surface area (TPSA) is 111 Å². The van der Waals surface area contributed by atoms with Gasteiger partial charge in [-0.15, -0.1) is 0 Å². The van der Waals surface area contributed by atoms with Crippen LogP contribution in [-0.2, 0) is 19.1 Å². The lowest BCUT2D eigenvalue weighted by atomic mass is 10.2. The molecular weight excluding hydrogens is 376 g/mol. The van der Waals surface area contributed by atoms with Crippen LogP contribution in [0.3, 0.4) is 0 Å². The summed E-state index contributed by atoms with van der Waals surface area (Å²) in [5.74, 6) is -2.10. The fourth-order valence-corrected chi connectivity index (χ4v) is 2.43. The zero-order valence-electron chi connectivity index (χ0n) is 16.2. The lowest BCUT2D eigenvalue weighted by Gasteiger charge is -2.09. The van der Waals surface area contributed by atoms with E-state index in [9.17, 15) is 19.2 Å². The van der Waals surface area contributed by atoms with Crippen molar-refractivity contribution in [1.82, 2.24) is 0 Å². The largest absolute Gasteiger partial charge is 0.462 e. The number of anilines is 2. The molecular formula is C21H22N2O6. The maximum Gasteiger partial charge on any atom is 0.338 e. The summed E-state index contributed by atoms with van der Waals surface area (Å²) in [5, 5.41) is 5.12. The SMILES string of the molecule is CCOC(=O)c1cccc(NC(=O)CC(=O)Nc2cccc(C(=O)OCC)c2)c1. The standard InChI is InChI=1S/C21H22N2O6/c1-3-28-20(26)14-7-5-9-16(11-14)22-18(24)13-19(25)23-17-10-6-8-15(12-17)21(27)29-4-2/h5-12H,3-4,13H2,1-2H3,(H,22,24)(H,23,25). The smallest absolute Gasteiger partial charge is 0.338 e. The van der Waals surface area contributed by atoms with Gasteiger partial charge in [0.25, 0.3) is 0 Å². The molecule has 0 radical (unpaired) electrons. The minimum absolute atomic E-state index is 0.243. The predicted octanol–water partition coefficient (Wildman–Crippen LogP) is 3.01. The van der Waals surface area contributed by atoms with Crippen LogP contribution in [0.4, 0.5) is 11.4 Å². The molecule has 0 heterocycles.